The fourth-order valence-corrected chi connectivity index (χ4v) is 1.65. The first-order valence-electron chi connectivity index (χ1n) is 5.97. The highest BCUT2D eigenvalue weighted by atomic mass is 16.5. The van der Waals surface area contributed by atoms with Crippen LogP contribution in [0.2, 0.25) is 0 Å². The third-order valence-corrected chi connectivity index (χ3v) is 2.62. The van der Waals surface area contributed by atoms with Crippen LogP contribution in [0.25, 0.3) is 0 Å². The van der Waals surface area contributed by atoms with Crippen molar-refractivity contribution >= 4 is 0 Å². The van der Waals surface area contributed by atoms with E-state index in [0.29, 0.717) is 6.61 Å². The summed E-state index contributed by atoms with van der Waals surface area (Å²) in [6, 6.07) is 0. The SMILES string of the molecule is C=CCCCCCCCC(COC)OC. The monoisotopic (exact) mass is 214 g/mol. The van der Waals surface area contributed by atoms with E-state index in [1.54, 1.807) is 14.2 Å². The molecule has 0 aliphatic carbocycles. The van der Waals surface area contributed by atoms with Crippen LogP contribution in [0.3, 0.4) is 0 Å². The molecule has 0 aromatic heterocycles. The second-order valence-electron chi connectivity index (χ2n) is 3.95. The molecule has 0 heterocycles. The number of unbranched alkanes of at least 4 members (excludes halogenated alkanes) is 5. The predicted octanol–water partition coefficient (Wildman–Crippen LogP) is 3.56. The fraction of sp³-hybridized carbons (Fsp3) is 0.846. The van der Waals surface area contributed by atoms with Gasteiger partial charge in [-0.05, 0) is 19.3 Å². The zero-order valence-electron chi connectivity index (χ0n) is 10.3. The van der Waals surface area contributed by atoms with Crippen molar-refractivity contribution in [3.05, 3.63) is 12.7 Å². The molecular formula is C13H26O2. The third-order valence-electron chi connectivity index (χ3n) is 2.62. The molecule has 0 bridgehead atoms. The van der Waals surface area contributed by atoms with Gasteiger partial charge in [0.1, 0.15) is 0 Å². The lowest BCUT2D eigenvalue weighted by Gasteiger charge is -2.13. The van der Waals surface area contributed by atoms with Crippen molar-refractivity contribution in [3.63, 3.8) is 0 Å². The first-order valence-corrected chi connectivity index (χ1v) is 5.97. The molecule has 0 saturated carbocycles. The van der Waals surface area contributed by atoms with E-state index in [9.17, 15) is 0 Å². The fourth-order valence-electron chi connectivity index (χ4n) is 1.65. The standard InChI is InChI=1S/C13H26O2/c1-4-5-6-7-8-9-10-11-13(15-3)12-14-2/h4,13H,1,5-12H2,2-3H3. The molecule has 0 N–H and O–H groups in total. The Morgan fingerprint density at radius 3 is 2.33 bits per heavy atom. The second-order valence-corrected chi connectivity index (χ2v) is 3.95. The van der Waals surface area contributed by atoms with Crippen molar-refractivity contribution < 1.29 is 9.47 Å². The van der Waals surface area contributed by atoms with Crippen LogP contribution < -0.4 is 0 Å². The van der Waals surface area contributed by atoms with E-state index in [-0.39, 0.29) is 6.10 Å². The van der Waals surface area contributed by atoms with Gasteiger partial charge in [0.25, 0.3) is 0 Å². The molecule has 0 saturated heterocycles. The smallest absolute Gasteiger partial charge is 0.0804 e. The summed E-state index contributed by atoms with van der Waals surface area (Å²) >= 11 is 0. The minimum Gasteiger partial charge on any atom is -0.382 e. The number of rotatable bonds is 11. The molecule has 0 amide bonds. The Balaban J connectivity index is 3.17. The van der Waals surface area contributed by atoms with Gasteiger partial charge in [-0.25, -0.2) is 0 Å². The molecule has 2 nitrogen and oxygen atoms in total. The Bertz CT molecular complexity index is 134. The maximum absolute atomic E-state index is 5.30. The van der Waals surface area contributed by atoms with Crippen LogP contribution in [0.1, 0.15) is 44.9 Å². The summed E-state index contributed by atoms with van der Waals surface area (Å²) in [6.07, 6.45) is 11.1. The predicted molar refractivity (Wildman–Crippen MR) is 65.2 cm³/mol. The lowest BCUT2D eigenvalue weighted by Crippen LogP contribution is -2.16. The van der Waals surface area contributed by atoms with E-state index in [4.69, 9.17) is 9.47 Å². The molecule has 0 radical (unpaired) electrons. The average molecular weight is 214 g/mol. The molecule has 1 atom stereocenters. The van der Waals surface area contributed by atoms with Gasteiger partial charge in [0.15, 0.2) is 0 Å². The summed E-state index contributed by atoms with van der Waals surface area (Å²) in [5.74, 6) is 0. The number of methoxy groups -OCH3 is 2. The van der Waals surface area contributed by atoms with Gasteiger partial charge in [-0.1, -0.05) is 31.8 Å². The Morgan fingerprint density at radius 1 is 1.07 bits per heavy atom. The molecule has 0 aromatic rings. The molecular weight excluding hydrogens is 188 g/mol. The van der Waals surface area contributed by atoms with E-state index in [0.717, 1.165) is 12.8 Å². The lowest BCUT2D eigenvalue weighted by molar-refractivity contribution is 0.0220. The minimum atomic E-state index is 0.281. The topological polar surface area (TPSA) is 18.5 Å². The van der Waals surface area contributed by atoms with Crippen LogP contribution in [-0.4, -0.2) is 26.9 Å². The van der Waals surface area contributed by atoms with E-state index in [2.05, 4.69) is 6.58 Å². The summed E-state index contributed by atoms with van der Waals surface area (Å²) in [5, 5.41) is 0. The minimum absolute atomic E-state index is 0.281. The first-order chi connectivity index (χ1) is 7.35. The van der Waals surface area contributed by atoms with Crippen molar-refractivity contribution in [2.45, 2.75) is 51.0 Å². The zero-order chi connectivity index (χ0) is 11.4. The summed E-state index contributed by atoms with van der Waals surface area (Å²) in [5.41, 5.74) is 0. The quantitative estimate of drug-likeness (QED) is 0.387. The van der Waals surface area contributed by atoms with Crippen molar-refractivity contribution in [2.24, 2.45) is 0 Å². The van der Waals surface area contributed by atoms with Crippen molar-refractivity contribution in [1.82, 2.24) is 0 Å². The first kappa shape index (κ1) is 14.7. The summed E-state index contributed by atoms with van der Waals surface area (Å²) in [4.78, 5) is 0. The molecule has 0 spiro atoms. The molecule has 15 heavy (non-hydrogen) atoms. The highest BCUT2D eigenvalue weighted by molar-refractivity contribution is 4.65. The van der Waals surface area contributed by atoms with Gasteiger partial charge in [0, 0.05) is 14.2 Å². The number of hydrogen-bond donors (Lipinski definition) is 0. The van der Waals surface area contributed by atoms with Crippen LogP contribution >= 0.6 is 0 Å². The molecule has 2 heteroatoms. The number of hydrogen-bond acceptors (Lipinski definition) is 2. The van der Waals surface area contributed by atoms with E-state index < -0.39 is 0 Å². The van der Waals surface area contributed by atoms with Gasteiger partial charge in [0.2, 0.25) is 0 Å². The summed E-state index contributed by atoms with van der Waals surface area (Å²) in [6.45, 7) is 4.43. The average Bonchev–Trinajstić information content (AvgIpc) is 2.26. The molecule has 0 fully saturated rings. The maximum atomic E-state index is 5.30. The third kappa shape index (κ3) is 9.95. The van der Waals surface area contributed by atoms with Gasteiger partial charge >= 0.3 is 0 Å². The van der Waals surface area contributed by atoms with Crippen LogP contribution in [-0.2, 0) is 9.47 Å². The Labute approximate surface area is 94.7 Å². The highest BCUT2D eigenvalue weighted by Crippen LogP contribution is 2.10. The Kier molecular flexibility index (Phi) is 11.5. The Morgan fingerprint density at radius 2 is 1.73 bits per heavy atom. The highest BCUT2D eigenvalue weighted by Gasteiger charge is 2.05. The van der Waals surface area contributed by atoms with Gasteiger partial charge < -0.3 is 9.47 Å². The summed E-state index contributed by atoms with van der Waals surface area (Å²) in [7, 11) is 3.48. The maximum Gasteiger partial charge on any atom is 0.0804 e. The van der Waals surface area contributed by atoms with E-state index >= 15 is 0 Å². The second kappa shape index (κ2) is 11.7. The van der Waals surface area contributed by atoms with Crippen molar-refractivity contribution in [1.29, 1.82) is 0 Å². The van der Waals surface area contributed by atoms with Crippen molar-refractivity contribution in [3.8, 4) is 0 Å². The molecule has 1 unspecified atom stereocenters. The van der Waals surface area contributed by atoms with Gasteiger partial charge in [0.05, 0.1) is 12.7 Å². The molecule has 0 aromatic carbocycles. The van der Waals surface area contributed by atoms with Crippen LogP contribution in [0.5, 0.6) is 0 Å². The molecule has 0 aliphatic heterocycles. The van der Waals surface area contributed by atoms with Gasteiger partial charge in [-0.15, -0.1) is 6.58 Å². The van der Waals surface area contributed by atoms with Crippen LogP contribution in [0.4, 0.5) is 0 Å². The summed E-state index contributed by atoms with van der Waals surface area (Å²) < 4.78 is 10.4. The number of ether oxygens (including phenoxy) is 2. The molecule has 0 aliphatic rings. The largest absolute Gasteiger partial charge is 0.382 e. The van der Waals surface area contributed by atoms with E-state index in [1.165, 1.54) is 32.1 Å². The lowest BCUT2D eigenvalue weighted by atomic mass is 10.1. The molecule has 0 rings (SSSR count). The number of allylic oxidation sites excluding steroid dienone is 1. The van der Waals surface area contributed by atoms with Gasteiger partial charge in [-0.2, -0.15) is 0 Å². The van der Waals surface area contributed by atoms with Gasteiger partial charge in [-0.3, -0.25) is 0 Å². The van der Waals surface area contributed by atoms with E-state index in [1.807, 2.05) is 6.08 Å². The normalized spacial score (nSPS) is 12.7. The molecule has 90 valence electrons. The zero-order valence-corrected chi connectivity index (χ0v) is 10.3. The van der Waals surface area contributed by atoms with Crippen LogP contribution in [0, 0.1) is 0 Å². The van der Waals surface area contributed by atoms with Crippen LogP contribution in [0.15, 0.2) is 12.7 Å². The Hall–Kier alpha value is -0.340. The van der Waals surface area contributed by atoms with Crippen molar-refractivity contribution in [2.75, 3.05) is 20.8 Å².